The van der Waals surface area contributed by atoms with E-state index in [9.17, 15) is 33.7 Å². The van der Waals surface area contributed by atoms with Gasteiger partial charge in [-0.05, 0) is 71.6 Å². The minimum atomic E-state index is -4.12. The van der Waals surface area contributed by atoms with E-state index < -0.39 is 68.5 Å². The number of allylic oxidation sites excluding steroid dienone is 6. The summed E-state index contributed by atoms with van der Waals surface area (Å²) in [6.45, 7) is 13.7. The third-order valence-corrected chi connectivity index (χ3v) is 7.96. The van der Waals surface area contributed by atoms with Crippen molar-refractivity contribution in [2.24, 2.45) is 11.8 Å². The monoisotopic (exact) mass is 657 g/mol. The molecule has 4 atom stereocenters. The van der Waals surface area contributed by atoms with Gasteiger partial charge in [-0.1, -0.05) is 62.6 Å². The third-order valence-electron chi connectivity index (χ3n) is 6.78. The van der Waals surface area contributed by atoms with E-state index in [2.05, 4.69) is 53.6 Å². The molecular weight excluding hydrogens is 601 g/mol. The van der Waals surface area contributed by atoms with Crippen LogP contribution < -0.4 is 16.0 Å². The lowest BCUT2D eigenvalue weighted by Crippen LogP contribution is -2.58. The van der Waals surface area contributed by atoms with Crippen molar-refractivity contribution in [1.29, 1.82) is 0 Å². The fraction of sp³-hybridized carbons (Fsp3) is 0.688. The van der Waals surface area contributed by atoms with Crippen LogP contribution in [0, 0.1) is 11.8 Å². The fourth-order valence-electron chi connectivity index (χ4n) is 4.13. The van der Waals surface area contributed by atoms with Gasteiger partial charge in [-0.3, -0.25) is 23.5 Å². The maximum Gasteiger partial charge on any atom is 0.332 e. The summed E-state index contributed by atoms with van der Waals surface area (Å²) in [5.74, 6) is -3.41. The molecule has 0 spiro atoms. The van der Waals surface area contributed by atoms with Gasteiger partial charge in [0.1, 0.15) is 18.7 Å². The number of amides is 3. The zero-order chi connectivity index (χ0) is 34.7. The molecule has 0 rings (SSSR count). The lowest BCUT2D eigenvalue weighted by atomic mass is 9.99. The number of carbonyl (C=O) groups is 4. The van der Waals surface area contributed by atoms with Crippen LogP contribution in [-0.4, -0.2) is 78.3 Å². The van der Waals surface area contributed by atoms with Crippen molar-refractivity contribution < 1.29 is 43.0 Å². The van der Waals surface area contributed by atoms with E-state index in [0.717, 1.165) is 38.4 Å². The van der Waals surface area contributed by atoms with Crippen LogP contribution in [0.2, 0.25) is 0 Å². The number of methoxy groups -OCH3 is 1. The first-order valence-electron chi connectivity index (χ1n) is 15.4. The van der Waals surface area contributed by atoms with Crippen molar-refractivity contribution >= 4 is 31.3 Å². The molecule has 45 heavy (non-hydrogen) atoms. The molecule has 0 aromatic heterocycles. The van der Waals surface area contributed by atoms with Crippen LogP contribution in [0.3, 0.4) is 0 Å². The second-order valence-electron chi connectivity index (χ2n) is 12.3. The number of rotatable bonds is 21. The SMILES string of the molecule is COC(=O)[C@H](CO)NC(=O)[C@H](CC(C)C)NC(=O)[C@@H](NC(=O)COP(=O)(O)C/C=C(\C)CC/C=C(\C)CCC=C(C)C)C(C)C. The van der Waals surface area contributed by atoms with Gasteiger partial charge in [0.2, 0.25) is 17.7 Å². The molecule has 3 amide bonds. The molecule has 5 N–H and O–H groups in total. The summed E-state index contributed by atoms with van der Waals surface area (Å²) in [6.07, 6.45) is 9.50. The number of aliphatic hydroxyl groups excluding tert-OH is 1. The highest BCUT2D eigenvalue weighted by Gasteiger charge is 2.32. The molecule has 258 valence electrons. The number of nitrogens with one attached hydrogen (secondary N) is 3. The molecule has 12 nitrogen and oxygen atoms in total. The van der Waals surface area contributed by atoms with Crippen LogP contribution in [0.15, 0.2) is 34.9 Å². The van der Waals surface area contributed by atoms with E-state index >= 15 is 0 Å². The van der Waals surface area contributed by atoms with Crippen molar-refractivity contribution in [3.05, 3.63) is 34.9 Å². The van der Waals surface area contributed by atoms with E-state index in [-0.39, 0.29) is 18.5 Å². The summed E-state index contributed by atoms with van der Waals surface area (Å²) in [5.41, 5.74) is 3.52. The van der Waals surface area contributed by atoms with Gasteiger partial charge in [-0.25, -0.2) is 4.79 Å². The van der Waals surface area contributed by atoms with E-state index in [1.54, 1.807) is 19.9 Å². The Labute approximate surface area is 269 Å². The van der Waals surface area contributed by atoms with Crippen molar-refractivity contribution in [3.63, 3.8) is 0 Å². The standard InChI is InChI=1S/C32H56N3O9P/c1-21(2)12-10-13-24(7)14-11-15-25(8)16-17-45(41,42)44-20-28(37)35-29(23(5)6)31(39)33-26(18-22(3)4)30(38)34-27(19-36)32(40)43-9/h12,14,16,22-23,26-27,29,36H,10-11,13,15,17-20H2,1-9H3,(H,33,39)(H,34,38)(H,35,37)(H,41,42)/b24-14+,25-16+/t26-,27-,29-/m0/s1. The first-order chi connectivity index (χ1) is 20.9. The maximum atomic E-state index is 13.1. The molecule has 0 heterocycles. The van der Waals surface area contributed by atoms with Crippen LogP contribution in [0.4, 0.5) is 0 Å². The van der Waals surface area contributed by atoms with Crippen LogP contribution in [0.1, 0.15) is 87.5 Å². The Bertz CT molecular complexity index is 1110. The topological polar surface area (TPSA) is 180 Å². The molecule has 0 bridgehead atoms. The van der Waals surface area contributed by atoms with E-state index in [4.69, 9.17) is 4.52 Å². The number of hydrogen-bond donors (Lipinski definition) is 5. The Balaban J connectivity index is 5.13. The highest BCUT2D eigenvalue weighted by molar-refractivity contribution is 7.53. The Morgan fingerprint density at radius 2 is 1.38 bits per heavy atom. The molecule has 0 aromatic rings. The number of carbonyl (C=O) groups excluding carboxylic acids is 4. The molecule has 13 heteroatoms. The molecule has 0 fully saturated rings. The van der Waals surface area contributed by atoms with Gasteiger partial charge in [0, 0.05) is 0 Å². The number of esters is 1. The smallest absolute Gasteiger partial charge is 0.332 e. The Hall–Kier alpha value is -2.79. The molecule has 0 radical (unpaired) electrons. The maximum absolute atomic E-state index is 13.1. The molecule has 0 saturated carbocycles. The van der Waals surface area contributed by atoms with Crippen LogP contribution >= 0.6 is 7.60 Å². The molecule has 0 aliphatic heterocycles. The normalized spacial score (nSPS) is 15.5. The van der Waals surface area contributed by atoms with Gasteiger partial charge in [-0.2, -0.15) is 0 Å². The number of hydrogen-bond acceptors (Lipinski definition) is 8. The van der Waals surface area contributed by atoms with E-state index in [1.165, 1.54) is 11.1 Å². The Kier molecular flexibility index (Phi) is 20.5. The highest BCUT2D eigenvalue weighted by atomic mass is 31.2. The zero-order valence-electron chi connectivity index (χ0n) is 28.5. The summed E-state index contributed by atoms with van der Waals surface area (Å²) >= 11 is 0. The van der Waals surface area contributed by atoms with Crippen LogP contribution in [0.5, 0.6) is 0 Å². The molecule has 0 aromatic carbocycles. The average Bonchev–Trinajstić information content (AvgIpc) is 2.95. The molecular formula is C32H56N3O9P. The third kappa shape index (κ3) is 19.4. The molecule has 0 aliphatic rings. The molecule has 1 unspecified atom stereocenters. The van der Waals surface area contributed by atoms with E-state index in [0.29, 0.717) is 0 Å². The fourth-order valence-corrected chi connectivity index (χ4v) is 5.10. The van der Waals surface area contributed by atoms with Crippen molar-refractivity contribution in [1.82, 2.24) is 16.0 Å². The molecule has 0 aliphatic carbocycles. The van der Waals surface area contributed by atoms with Gasteiger partial charge >= 0.3 is 13.6 Å². The van der Waals surface area contributed by atoms with E-state index in [1.807, 2.05) is 20.8 Å². The second-order valence-corrected chi connectivity index (χ2v) is 14.2. The van der Waals surface area contributed by atoms with Gasteiger partial charge in [0.05, 0.1) is 19.9 Å². The quantitative estimate of drug-likeness (QED) is 0.0694. The predicted molar refractivity (Wildman–Crippen MR) is 175 cm³/mol. The number of ether oxygens (including phenoxy) is 1. The Morgan fingerprint density at radius 3 is 1.89 bits per heavy atom. The van der Waals surface area contributed by atoms with Crippen molar-refractivity contribution in [3.8, 4) is 0 Å². The zero-order valence-corrected chi connectivity index (χ0v) is 29.4. The van der Waals surface area contributed by atoms with Crippen molar-refractivity contribution in [2.45, 2.75) is 106 Å². The average molecular weight is 658 g/mol. The number of aliphatic hydroxyl groups is 1. The van der Waals surface area contributed by atoms with Crippen molar-refractivity contribution in [2.75, 3.05) is 26.5 Å². The van der Waals surface area contributed by atoms with Gasteiger partial charge < -0.3 is 30.7 Å². The minimum Gasteiger partial charge on any atom is -0.467 e. The van der Waals surface area contributed by atoms with Gasteiger partial charge in [0.25, 0.3) is 0 Å². The van der Waals surface area contributed by atoms with Gasteiger partial charge in [0.15, 0.2) is 6.04 Å². The highest BCUT2D eigenvalue weighted by Crippen LogP contribution is 2.42. The second kappa shape index (κ2) is 21.9. The summed E-state index contributed by atoms with van der Waals surface area (Å²) in [5, 5.41) is 16.9. The first-order valence-corrected chi connectivity index (χ1v) is 17.2. The largest absolute Gasteiger partial charge is 0.467 e. The van der Waals surface area contributed by atoms with Crippen LogP contribution in [-0.2, 0) is 33.0 Å². The summed E-state index contributed by atoms with van der Waals surface area (Å²) in [7, 11) is -3.00. The molecule has 0 saturated heterocycles. The lowest BCUT2D eigenvalue weighted by molar-refractivity contribution is -0.146. The summed E-state index contributed by atoms with van der Waals surface area (Å²) < 4.78 is 22.2. The van der Waals surface area contributed by atoms with Crippen LogP contribution in [0.25, 0.3) is 0 Å². The first kappa shape index (κ1) is 42.2. The van der Waals surface area contributed by atoms with Gasteiger partial charge in [-0.15, -0.1) is 0 Å². The minimum absolute atomic E-state index is 0.0261. The predicted octanol–water partition coefficient (Wildman–Crippen LogP) is 3.93. The summed E-state index contributed by atoms with van der Waals surface area (Å²) in [4.78, 5) is 60.7. The Morgan fingerprint density at radius 1 is 0.822 bits per heavy atom. The lowest BCUT2D eigenvalue weighted by Gasteiger charge is -2.27. The summed E-state index contributed by atoms with van der Waals surface area (Å²) in [6, 6.07) is -3.46.